The monoisotopic (exact) mass is 226 g/mol. The first-order chi connectivity index (χ1) is 7.16. The van der Waals surface area contributed by atoms with Crippen LogP contribution in [0, 0.1) is 0 Å². The van der Waals surface area contributed by atoms with Crippen LogP contribution in [0.2, 0.25) is 5.02 Å². The summed E-state index contributed by atoms with van der Waals surface area (Å²) in [7, 11) is 5.81. The van der Waals surface area contributed by atoms with Crippen LogP contribution in [0.1, 0.15) is 0 Å². The van der Waals surface area contributed by atoms with E-state index in [0.29, 0.717) is 6.61 Å². The third-order valence-electron chi connectivity index (χ3n) is 2.91. The normalized spacial score (nSPS) is 19.6. The molecule has 1 aliphatic rings. The second kappa shape index (κ2) is 3.91. The molecule has 3 nitrogen and oxygen atoms in total. The molecule has 1 atom stereocenters. The van der Waals surface area contributed by atoms with Crippen LogP contribution >= 0.6 is 11.6 Å². The molecule has 0 amide bonds. The fourth-order valence-corrected chi connectivity index (χ4v) is 2.38. The minimum Gasteiger partial charge on any atom is -0.381 e. The standard InChI is InChI=1S/C11H15ClN2O/c1-13-9-6-4-5-8(12)11(9)14(2)10(13)7-15-3/h4-6,10H,7H2,1-3H3. The van der Waals surface area contributed by atoms with Crippen LogP contribution in [0.4, 0.5) is 11.4 Å². The molecule has 0 saturated heterocycles. The number of benzene rings is 1. The maximum absolute atomic E-state index is 6.19. The third kappa shape index (κ3) is 1.56. The summed E-state index contributed by atoms with van der Waals surface area (Å²) in [6.45, 7) is 0.665. The van der Waals surface area contributed by atoms with Gasteiger partial charge in [-0.25, -0.2) is 0 Å². The number of ether oxygens (including phenoxy) is 1. The van der Waals surface area contributed by atoms with Crippen molar-refractivity contribution in [3.05, 3.63) is 23.2 Å². The summed E-state index contributed by atoms with van der Waals surface area (Å²) in [6, 6.07) is 5.97. The zero-order valence-electron chi connectivity index (χ0n) is 9.20. The van der Waals surface area contributed by atoms with Gasteiger partial charge in [-0.3, -0.25) is 0 Å². The predicted octanol–water partition coefficient (Wildman–Crippen LogP) is 2.20. The SMILES string of the molecule is COCC1N(C)c2cccc(Cl)c2N1C. The van der Waals surface area contributed by atoms with E-state index in [9.17, 15) is 0 Å². The van der Waals surface area contributed by atoms with Crippen molar-refractivity contribution in [2.24, 2.45) is 0 Å². The molecule has 0 aromatic heterocycles. The molecule has 1 heterocycles. The van der Waals surface area contributed by atoms with Gasteiger partial charge in [-0.2, -0.15) is 0 Å². The highest BCUT2D eigenvalue weighted by atomic mass is 35.5. The van der Waals surface area contributed by atoms with Gasteiger partial charge in [-0.1, -0.05) is 17.7 Å². The highest BCUT2D eigenvalue weighted by Gasteiger charge is 2.32. The Bertz CT molecular complexity index is 370. The zero-order chi connectivity index (χ0) is 11.0. The van der Waals surface area contributed by atoms with E-state index in [2.05, 4.69) is 22.9 Å². The minimum atomic E-state index is 0.227. The lowest BCUT2D eigenvalue weighted by Gasteiger charge is -2.27. The average Bonchev–Trinajstić information content (AvgIpc) is 2.45. The maximum Gasteiger partial charge on any atom is 0.125 e. The van der Waals surface area contributed by atoms with Gasteiger partial charge in [-0.05, 0) is 12.1 Å². The number of fused-ring (bicyclic) bond motifs is 1. The number of anilines is 2. The van der Waals surface area contributed by atoms with Crippen molar-refractivity contribution >= 4 is 23.0 Å². The van der Waals surface area contributed by atoms with Crippen LogP contribution in [0.25, 0.3) is 0 Å². The first-order valence-corrected chi connectivity index (χ1v) is 5.27. The summed E-state index contributed by atoms with van der Waals surface area (Å²) >= 11 is 6.19. The van der Waals surface area contributed by atoms with E-state index in [1.54, 1.807) is 7.11 Å². The predicted molar refractivity (Wildman–Crippen MR) is 63.9 cm³/mol. The van der Waals surface area contributed by atoms with E-state index in [1.165, 1.54) is 0 Å². The highest BCUT2D eigenvalue weighted by molar-refractivity contribution is 6.34. The molecule has 1 aliphatic heterocycles. The molecular formula is C11H15ClN2O. The van der Waals surface area contributed by atoms with Gasteiger partial charge < -0.3 is 14.5 Å². The Labute approximate surface area is 95.2 Å². The van der Waals surface area contributed by atoms with Gasteiger partial charge in [0.15, 0.2) is 0 Å². The van der Waals surface area contributed by atoms with E-state index in [1.807, 2.05) is 19.2 Å². The van der Waals surface area contributed by atoms with E-state index < -0.39 is 0 Å². The fraction of sp³-hybridized carbons (Fsp3) is 0.455. The van der Waals surface area contributed by atoms with Crippen molar-refractivity contribution < 1.29 is 4.74 Å². The number of likely N-dealkylation sites (N-methyl/N-ethyl adjacent to an activating group) is 2. The number of halogens is 1. The van der Waals surface area contributed by atoms with Crippen LogP contribution in [0.5, 0.6) is 0 Å². The number of hydrogen-bond acceptors (Lipinski definition) is 3. The van der Waals surface area contributed by atoms with Gasteiger partial charge in [0.2, 0.25) is 0 Å². The summed E-state index contributed by atoms with van der Waals surface area (Å²) in [5.74, 6) is 0. The number of nitrogens with zero attached hydrogens (tertiary/aromatic N) is 2. The van der Waals surface area contributed by atoms with E-state index >= 15 is 0 Å². The first kappa shape index (κ1) is 10.6. The molecule has 1 aromatic carbocycles. The van der Waals surface area contributed by atoms with Gasteiger partial charge in [0, 0.05) is 21.2 Å². The number of methoxy groups -OCH3 is 1. The second-order valence-corrected chi connectivity index (χ2v) is 4.17. The van der Waals surface area contributed by atoms with Crippen molar-refractivity contribution in [2.45, 2.75) is 6.17 Å². The maximum atomic E-state index is 6.19. The second-order valence-electron chi connectivity index (χ2n) is 3.77. The topological polar surface area (TPSA) is 15.7 Å². The van der Waals surface area contributed by atoms with Crippen molar-refractivity contribution in [1.82, 2.24) is 0 Å². The van der Waals surface area contributed by atoms with Gasteiger partial charge in [0.1, 0.15) is 6.17 Å². The molecular weight excluding hydrogens is 212 g/mol. The van der Waals surface area contributed by atoms with Crippen molar-refractivity contribution in [3.8, 4) is 0 Å². The van der Waals surface area contributed by atoms with Crippen molar-refractivity contribution in [2.75, 3.05) is 37.6 Å². The minimum absolute atomic E-state index is 0.227. The lowest BCUT2D eigenvalue weighted by Crippen LogP contribution is -2.42. The van der Waals surface area contributed by atoms with Gasteiger partial charge >= 0.3 is 0 Å². The molecule has 0 aliphatic carbocycles. The summed E-state index contributed by atoms with van der Waals surface area (Å²) in [5, 5.41) is 0.792. The Kier molecular flexibility index (Phi) is 2.76. The Morgan fingerprint density at radius 1 is 1.33 bits per heavy atom. The third-order valence-corrected chi connectivity index (χ3v) is 3.21. The van der Waals surface area contributed by atoms with E-state index in [-0.39, 0.29) is 6.17 Å². The fourth-order valence-electron chi connectivity index (χ4n) is 2.08. The Hall–Kier alpha value is -0.930. The molecule has 2 rings (SSSR count). The summed E-state index contributed by atoms with van der Waals surface area (Å²) in [6.07, 6.45) is 0.227. The quantitative estimate of drug-likeness (QED) is 0.769. The molecule has 15 heavy (non-hydrogen) atoms. The van der Waals surface area contributed by atoms with Crippen molar-refractivity contribution in [1.29, 1.82) is 0 Å². The van der Waals surface area contributed by atoms with Gasteiger partial charge in [0.25, 0.3) is 0 Å². The molecule has 4 heteroatoms. The van der Waals surface area contributed by atoms with E-state index in [4.69, 9.17) is 16.3 Å². The summed E-state index contributed by atoms with van der Waals surface area (Å²) < 4.78 is 5.21. The molecule has 0 bridgehead atoms. The zero-order valence-corrected chi connectivity index (χ0v) is 9.95. The van der Waals surface area contributed by atoms with Crippen LogP contribution in [0.15, 0.2) is 18.2 Å². The molecule has 1 unspecified atom stereocenters. The first-order valence-electron chi connectivity index (χ1n) is 4.90. The Morgan fingerprint density at radius 3 is 2.67 bits per heavy atom. The smallest absolute Gasteiger partial charge is 0.125 e. The lowest BCUT2D eigenvalue weighted by atomic mass is 10.2. The van der Waals surface area contributed by atoms with Gasteiger partial charge in [0.05, 0.1) is 23.0 Å². The highest BCUT2D eigenvalue weighted by Crippen LogP contribution is 2.42. The summed E-state index contributed by atoms with van der Waals surface area (Å²) in [5.41, 5.74) is 2.25. The molecule has 0 radical (unpaired) electrons. The lowest BCUT2D eigenvalue weighted by molar-refractivity contribution is 0.180. The largest absolute Gasteiger partial charge is 0.381 e. The molecule has 0 spiro atoms. The number of rotatable bonds is 2. The number of para-hydroxylation sites is 1. The molecule has 0 fully saturated rings. The average molecular weight is 227 g/mol. The van der Waals surface area contributed by atoms with Crippen LogP contribution in [0.3, 0.4) is 0 Å². The van der Waals surface area contributed by atoms with Crippen LogP contribution < -0.4 is 9.80 Å². The van der Waals surface area contributed by atoms with Gasteiger partial charge in [-0.15, -0.1) is 0 Å². The Morgan fingerprint density at radius 2 is 2.07 bits per heavy atom. The molecule has 0 N–H and O–H groups in total. The molecule has 1 aromatic rings. The molecule has 82 valence electrons. The molecule has 0 saturated carbocycles. The van der Waals surface area contributed by atoms with E-state index in [0.717, 1.165) is 16.4 Å². The van der Waals surface area contributed by atoms with Crippen LogP contribution in [-0.4, -0.2) is 34.0 Å². The number of hydrogen-bond donors (Lipinski definition) is 0. The Balaban J connectivity index is 2.41. The van der Waals surface area contributed by atoms with Crippen molar-refractivity contribution in [3.63, 3.8) is 0 Å². The van der Waals surface area contributed by atoms with Crippen LogP contribution in [-0.2, 0) is 4.74 Å². The summed E-state index contributed by atoms with van der Waals surface area (Å²) in [4.78, 5) is 4.34.